The van der Waals surface area contributed by atoms with Crippen molar-refractivity contribution in [2.75, 3.05) is 51.3 Å². The van der Waals surface area contributed by atoms with Crippen LogP contribution in [0, 0.1) is 0 Å². The fraction of sp³-hybridized carbons (Fsp3) is 0.500. The van der Waals surface area contributed by atoms with E-state index in [1.807, 2.05) is 0 Å². The van der Waals surface area contributed by atoms with E-state index in [2.05, 4.69) is 5.32 Å². The lowest BCUT2D eigenvalue weighted by atomic mass is 10.1. The third-order valence-electron chi connectivity index (χ3n) is 5.55. The average Bonchev–Trinajstić information content (AvgIpc) is 3.19. The lowest BCUT2D eigenvalue weighted by Gasteiger charge is -2.30. The van der Waals surface area contributed by atoms with Crippen molar-refractivity contribution in [1.29, 1.82) is 0 Å². The van der Waals surface area contributed by atoms with Gasteiger partial charge in [0.25, 0.3) is 5.91 Å². The minimum atomic E-state index is -3.59. The van der Waals surface area contributed by atoms with Crippen LogP contribution in [0.3, 0.4) is 0 Å². The zero-order valence-electron chi connectivity index (χ0n) is 14.8. The Morgan fingerprint density at radius 2 is 1.85 bits per heavy atom. The minimum absolute atomic E-state index is 0.0193. The van der Waals surface area contributed by atoms with Gasteiger partial charge in [0.05, 0.1) is 17.2 Å². The van der Waals surface area contributed by atoms with Crippen LogP contribution >= 0.6 is 0 Å². The molecule has 1 atom stereocenters. The van der Waals surface area contributed by atoms with Crippen LogP contribution in [0.4, 0.5) is 5.69 Å². The molecule has 27 heavy (non-hydrogen) atoms. The summed E-state index contributed by atoms with van der Waals surface area (Å²) < 4.78 is 38.4. The summed E-state index contributed by atoms with van der Waals surface area (Å²) in [6, 6.07) is 4.93. The molecule has 1 amide bonds. The highest BCUT2D eigenvalue weighted by Gasteiger charge is 2.40. The molecule has 1 aromatic rings. The fourth-order valence-electron chi connectivity index (χ4n) is 3.93. The first-order valence-electron chi connectivity index (χ1n) is 9.13. The number of amides is 1. The summed E-state index contributed by atoms with van der Waals surface area (Å²) in [5.74, 6) is 0.695. The molecule has 0 spiro atoms. The molecule has 4 aliphatic heterocycles. The van der Waals surface area contributed by atoms with E-state index in [4.69, 9.17) is 9.47 Å². The van der Waals surface area contributed by atoms with E-state index in [9.17, 15) is 13.2 Å². The number of carbonyl (C=O) groups is 1. The molecular formula is C18H21N3O5S. The Labute approximate surface area is 157 Å². The molecule has 0 aliphatic carbocycles. The van der Waals surface area contributed by atoms with Crippen molar-refractivity contribution in [2.24, 2.45) is 0 Å². The molecule has 144 valence electrons. The number of sulfonamides is 1. The van der Waals surface area contributed by atoms with Crippen molar-refractivity contribution in [1.82, 2.24) is 9.21 Å². The van der Waals surface area contributed by atoms with Gasteiger partial charge in [-0.1, -0.05) is 0 Å². The van der Waals surface area contributed by atoms with Crippen LogP contribution in [0.1, 0.15) is 6.42 Å². The summed E-state index contributed by atoms with van der Waals surface area (Å²) in [5.41, 5.74) is 2.77. The van der Waals surface area contributed by atoms with Crippen molar-refractivity contribution in [3.63, 3.8) is 0 Å². The number of benzene rings is 1. The van der Waals surface area contributed by atoms with Gasteiger partial charge >= 0.3 is 0 Å². The van der Waals surface area contributed by atoms with Crippen molar-refractivity contribution in [3.8, 4) is 5.75 Å². The molecule has 0 bridgehead atoms. The maximum atomic E-state index is 13.1. The summed E-state index contributed by atoms with van der Waals surface area (Å²) in [7, 11) is -3.59. The number of nitrogens with one attached hydrogen (secondary N) is 1. The van der Waals surface area contributed by atoms with Crippen molar-refractivity contribution in [2.45, 2.75) is 17.4 Å². The molecule has 8 nitrogen and oxygen atoms in total. The van der Waals surface area contributed by atoms with Gasteiger partial charge in [-0.05, 0) is 29.3 Å². The number of hydrogen-bond donors (Lipinski definition) is 1. The largest absolute Gasteiger partial charge is 0.490 e. The molecule has 0 radical (unpaired) electrons. The summed E-state index contributed by atoms with van der Waals surface area (Å²) in [5, 5.41) is 3.17. The van der Waals surface area contributed by atoms with Crippen LogP contribution in [-0.4, -0.2) is 75.6 Å². The molecule has 9 heteroatoms. The Morgan fingerprint density at radius 3 is 2.52 bits per heavy atom. The van der Waals surface area contributed by atoms with Crippen molar-refractivity contribution in [3.05, 3.63) is 29.3 Å². The number of ether oxygens (including phenoxy) is 2. The monoisotopic (exact) mass is 391 g/mol. The maximum absolute atomic E-state index is 13.1. The van der Waals surface area contributed by atoms with Crippen LogP contribution in [-0.2, 0) is 19.6 Å². The van der Waals surface area contributed by atoms with E-state index in [1.54, 1.807) is 23.1 Å². The van der Waals surface area contributed by atoms with E-state index in [-0.39, 0.29) is 16.9 Å². The van der Waals surface area contributed by atoms with Gasteiger partial charge in [-0.2, -0.15) is 4.31 Å². The predicted molar refractivity (Wildman–Crippen MR) is 97.1 cm³/mol. The van der Waals surface area contributed by atoms with Gasteiger partial charge in [-0.15, -0.1) is 0 Å². The Balaban J connectivity index is 1.29. The molecular weight excluding hydrogens is 370 g/mol. The Morgan fingerprint density at radius 1 is 1.11 bits per heavy atom. The SMILES string of the molecule is O=C(C1CCO1)N1CC2=C(C1)CN(S(=O)(=O)c1ccc3c(c1)NCCO3)C2. The topological polar surface area (TPSA) is 88.2 Å². The number of rotatable bonds is 3. The first-order valence-corrected chi connectivity index (χ1v) is 10.6. The summed E-state index contributed by atoms with van der Waals surface area (Å²) >= 11 is 0. The van der Waals surface area contributed by atoms with Crippen LogP contribution in [0.25, 0.3) is 0 Å². The van der Waals surface area contributed by atoms with Gasteiger partial charge in [-0.25, -0.2) is 8.42 Å². The van der Waals surface area contributed by atoms with Gasteiger partial charge in [0.15, 0.2) is 0 Å². The number of carbonyl (C=O) groups excluding carboxylic acids is 1. The molecule has 0 saturated carbocycles. The van der Waals surface area contributed by atoms with E-state index < -0.39 is 10.0 Å². The summed E-state index contributed by atoms with van der Waals surface area (Å²) in [6.45, 7) is 3.55. The Kier molecular flexibility index (Phi) is 3.92. The Bertz CT molecular complexity index is 920. The van der Waals surface area contributed by atoms with Crippen LogP contribution in [0.2, 0.25) is 0 Å². The molecule has 1 unspecified atom stereocenters. The lowest BCUT2D eigenvalue weighted by Crippen LogP contribution is -2.46. The van der Waals surface area contributed by atoms with Crippen LogP contribution in [0.5, 0.6) is 5.75 Å². The number of nitrogens with zero attached hydrogens (tertiary/aromatic N) is 2. The van der Waals surface area contributed by atoms with E-state index in [0.717, 1.165) is 17.6 Å². The molecule has 0 aromatic heterocycles. The zero-order valence-corrected chi connectivity index (χ0v) is 15.6. The van der Waals surface area contributed by atoms with Gasteiger partial charge in [0.2, 0.25) is 10.0 Å². The lowest BCUT2D eigenvalue weighted by molar-refractivity contribution is -0.154. The first-order chi connectivity index (χ1) is 13.0. The van der Waals surface area contributed by atoms with Crippen molar-refractivity contribution < 1.29 is 22.7 Å². The highest BCUT2D eigenvalue weighted by molar-refractivity contribution is 7.89. The number of fused-ring (bicyclic) bond motifs is 1. The van der Waals surface area contributed by atoms with Gasteiger partial charge in [0.1, 0.15) is 18.5 Å². The molecule has 1 fully saturated rings. The molecule has 4 aliphatic rings. The van der Waals surface area contributed by atoms with E-state index in [0.29, 0.717) is 57.4 Å². The molecule has 4 heterocycles. The fourth-order valence-corrected chi connectivity index (χ4v) is 5.39. The molecule has 1 saturated heterocycles. The quantitative estimate of drug-likeness (QED) is 0.752. The normalized spacial score (nSPS) is 24.7. The van der Waals surface area contributed by atoms with Crippen molar-refractivity contribution >= 4 is 21.6 Å². The second-order valence-electron chi connectivity index (χ2n) is 7.26. The molecule has 5 rings (SSSR count). The van der Waals surface area contributed by atoms with Crippen LogP contribution < -0.4 is 10.1 Å². The van der Waals surface area contributed by atoms with Crippen LogP contribution in [0.15, 0.2) is 34.2 Å². The van der Waals surface area contributed by atoms with E-state index >= 15 is 0 Å². The smallest absolute Gasteiger partial charge is 0.252 e. The highest BCUT2D eigenvalue weighted by atomic mass is 32.2. The van der Waals surface area contributed by atoms with Gasteiger partial charge < -0.3 is 19.7 Å². The van der Waals surface area contributed by atoms with Gasteiger partial charge in [-0.3, -0.25) is 4.79 Å². The standard InChI is InChI=1S/C18H21N3O5S/c22-18(17-3-5-25-17)20-8-12-10-21(11-13(12)9-20)27(23,24)14-1-2-16-15(7-14)19-4-6-26-16/h1-2,7,17,19H,3-6,8-11H2. The first kappa shape index (κ1) is 17.0. The highest BCUT2D eigenvalue weighted by Crippen LogP contribution is 2.34. The minimum Gasteiger partial charge on any atom is -0.490 e. The zero-order chi connectivity index (χ0) is 18.6. The molecule has 1 aromatic carbocycles. The second kappa shape index (κ2) is 6.22. The predicted octanol–water partition coefficient (Wildman–Crippen LogP) is 0.423. The third-order valence-corrected chi connectivity index (χ3v) is 7.34. The maximum Gasteiger partial charge on any atom is 0.252 e. The average molecular weight is 391 g/mol. The number of hydrogen-bond acceptors (Lipinski definition) is 6. The third kappa shape index (κ3) is 2.81. The number of anilines is 1. The Hall–Kier alpha value is -2.10. The second-order valence-corrected chi connectivity index (χ2v) is 9.19. The summed E-state index contributed by atoms with van der Waals surface area (Å²) in [6.07, 6.45) is 0.464. The van der Waals surface area contributed by atoms with Gasteiger partial charge in [0, 0.05) is 39.1 Å². The van der Waals surface area contributed by atoms with E-state index in [1.165, 1.54) is 4.31 Å². The summed E-state index contributed by atoms with van der Waals surface area (Å²) in [4.78, 5) is 14.4. The molecule has 1 N–H and O–H groups in total.